The van der Waals surface area contributed by atoms with Crippen LogP contribution in [0, 0.1) is 6.92 Å². The van der Waals surface area contributed by atoms with Gasteiger partial charge in [0.15, 0.2) is 11.8 Å². The first kappa shape index (κ1) is 21.7. The van der Waals surface area contributed by atoms with Gasteiger partial charge in [-0.1, -0.05) is 30.3 Å². The molecule has 0 radical (unpaired) electrons. The molecule has 2 aromatic rings. The smallest absolute Gasteiger partial charge is 0.194 e. The van der Waals surface area contributed by atoms with Crippen molar-refractivity contribution in [1.29, 1.82) is 0 Å². The van der Waals surface area contributed by atoms with Crippen molar-refractivity contribution in [3.05, 3.63) is 47.5 Å². The molecule has 0 amide bonds. The third-order valence-electron chi connectivity index (χ3n) is 6.09. The standard InChI is InChI=1S/C22H33N7O2/c1-17-25-26-21(27(17)2)13-24-22(23-9-11-30-3)29-15-19-20(16-29)31-12-10-28(19)14-18-7-5-4-6-8-18/h4-8,19-20H,9-16H2,1-3H3,(H,23,24). The highest BCUT2D eigenvalue weighted by Crippen LogP contribution is 2.24. The normalized spacial score (nSPS) is 22.0. The van der Waals surface area contributed by atoms with Crippen molar-refractivity contribution >= 4 is 5.96 Å². The monoisotopic (exact) mass is 427 g/mol. The lowest BCUT2D eigenvalue weighted by Gasteiger charge is -2.36. The van der Waals surface area contributed by atoms with Crippen LogP contribution in [0.25, 0.3) is 0 Å². The van der Waals surface area contributed by atoms with E-state index < -0.39 is 0 Å². The van der Waals surface area contributed by atoms with Gasteiger partial charge in [0, 0.05) is 46.9 Å². The highest BCUT2D eigenvalue weighted by atomic mass is 16.5. The largest absolute Gasteiger partial charge is 0.383 e. The number of benzene rings is 1. The molecule has 1 aromatic heterocycles. The van der Waals surface area contributed by atoms with E-state index >= 15 is 0 Å². The number of aliphatic imine (C=N–C) groups is 1. The number of morpholine rings is 1. The summed E-state index contributed by atoms with van der Waals surface area (Å²) in [5.74, 6) is 2.61. The molecule has 0 spiro atoms. The molecule has 0 bridgehead atoms. The first-order valence-electron chi connectivity index (χ1n) is 10.9. The molecule has 9 heteroatoms. The summed E-state index contributed by atoms with van der Waals surface area (Å²) < 4.78 is 13.3. The quantitative estimate of drug-likeness (QED) is 0.398. The van der Waals surface area contributed by atoms with Crippen LogP contribution in [0.5, 0.6) is 0 Å². The van der Waals surface area contributed by atoms with E-state index in [4.69, 9.17) is 14.5 Å². The third-order valence-corrected chi connectivity index (χ3v) is 6.09. The van der Waals surface area contributed by atoms with E-state index in [1.807, 2.05) is 18.5 Å². The van der Waals surface area contributed by atoms with Crippen molar-refractivity contribution in [2.24, 2.45) is 12.0 Å². The first-order valence-corrected chi connectivity index (χ1v) is 10.9. The second kappa shape index (κ2) is 10.2. The summed E-state index contributed by atoms with van der Waals surface area (Å²) in [5.41, 5.74) is 1.34. The zero-order valence-electron chi connectivity index (χ0n) is 18.7. The van der Waals surface area contributed by atoms with Crippen LogP contribution in [-0.4, -0.2) is 89.2 Å². The van der Waals surface area contributed by atoms with Gasteiger partial charge in [-0.15, -0.1) is 10.2 Å². The van der Waals surface area contributed by atoms with E-state index in [1.54, 1.807) is 7.11 Å². The minimum Gasteiger partial charge on any atom is -0.383 e. The Morgan fingerprint density at radius 3 is 2.84 bits per heavy atom. The van der Waals surface area contributed by atoms with Gasteiger partial charge < -0.3 is 24.3 Å². The minimum absolute atomic E-state index is 0.184. The number of nitrogens with zero attached hydrogens (tertiary/aromatic N) is 6. The van der Waals surface area contributed by atoms with E-state index in [1.165, 1.54) is 5.56 Å². The van der Waals surface area contributed by atoms with Gasteiger partial charge in [0.05, 0.1) is 25.4 Å². The summed E-state index contributed by atoms with van der Waals surface area (Å²) in [6, 6.07) is 11.0. The number of aryl methyl sites for hydroxylation is 1. The Kier molecular flexibility index (Phi) is 7.16. The third kappa shape index (κ3) is 5.23. The number of ether oxygens (including phenoxy) is 2. The first-order chi connectivity index (χ1) is 15.2. The fourth-order valence-corrected chi connectivity index (χ4v) is 4.21. The Balaban J connectivity index is 1.46. The predicted octanol–water partition coefficient (Wildman–Crippen LogP) is 0.801. The number of nitrogens with one attached hydrogen (secondary N) is 1. The fourth-order valence-electron chi connectivity index (χ4n) is 4.21. The number of methoxy groups -OCH3 is 1. The molecule has 4 rings (SSSR count). The maximum Gasteiger partial charge on any atom is 0.194 e. The molecular formula is C22H33N7O2. The number of fused-ring (bicyclic) bond motifs is 1. The van der Waals surface area contributed by atoms with Gasteiger partial charge in [-0.05, 0) is 12.5 Å². The summed E-state index contributed by atoms with van der Waals surface area (Å²) in [5, 5.41) is 11.8. The van der Waals surface area contributed by atoms with Crippen molar-refractivity contribution in [1.82, 2.24) is 29.9 Å². The lowest BCUT2D eigenvalue weighted by atomic mass is 10.1. The molecule has 0 saturated carbocycles. The maximum absolute atomic E-state index is 6.14. The minimum atomic E-state index is 0.184. The predicted molar refractivity (Wildman–Crippen MR) is 119 cm³/mol. The van der Waals surface area contributed by atoms with Crippen molar-refractivity contribution in [3.63, 3.8) is 0 Å². The SMILES string of the molecule is COCCNC(=NCc1nnc(C)n1C)N1CC2OCCN(Cc3ccccc3)C2C1. The summed E-state index contributed by atoms with van der Waals surface area (Å²) in [6.07, 6.45) is 0.184. The summed E-state index contributed by atoms with van der Waals surface area (Å²) in [4.78, 5) is 9.71. The molecule has 2 fully saturated rings. The Hall–Kier alpha value is -2.49. The van der Waals surface area contributed by atoms with Gasteiger partial charge in [-0.2, -0.15) is 0 Å². The molecule has 3 heterocycles. The Labute approximate surface area is 184 Å². The van der Waals surface area contributed by atoms with Crippen LogP contribution in [-0.2, 0) is 29.6 Å². The van der Waals surface area contributed by atoms with Crippen LogP contribution >= 0.6 is 0 Å². The topological polar surface area (TPSA) is 80.0 Å². The Bertz CT molecular complexity index is 870. The molecule has 2 aliphatic heterocycles. The molecule has 2 aliphatic rings. The van der Waals surface area contributed by atoms with Gasteiger partial charge >= 0.3 is 0 Å². The number of hydrogen-bond acceptors (Lipinski definition) is 6. The molecule has 9 nitrogen and oxygen atoms in total. The summed E-state index contributed by atoms with van der Waals surface area (Å²) in [6.45, 7) is 8.12. The lowest BCUT2D eigenvalue weighted by molar-refractivity contribution is -0.0502. The second-order valence-electron chi connectivity index (χ2n) is 8.12. The average Bonchev–Trinajstić information content (AvgIpc) is 3.36. The van der Waals surface area contributed by atoms with Crippen molar-refractivity contribution in [2.45, 2.75) is 32.2 Å². The molecule has 168 valence electrons. The van der Waals surface area contributed by atoms with Crippen LogP contribution in [0.1, 0.15) is 17.2 Å². The van der Waals surface area contributed by atoms with E-state index in [2.05, 4.69) is 55.6 Å². The van der Waals surface area contributed by atoms with Crippen molar-refractivity contribution in [3.8, 4) is 0 Å². The van der Waals surface area contributed by atoms with Gasteiger partial charge in [-0.25, -0.2) is 4.99 Å². The number of aromatic nitrogens is 3. The summed E-state index contributed by atoms with van der Waals surface area (Å²) in [7, 11) is 3.68. The lowest BCUT2D eigenvalue weighted by Crippen LogP contribution is -2.50. The van der Waals surface area contributed by atoms with Gasteiger partial charge in [0.25, 0.3) is 0 Å². The van der Waals surface area contributed by atoms with Crippen LogP contribution < -0.4 is 5.32 Å². The van der Waals surface area contributed by atoms with Crippen LogP contribution in [0.3, 0.4) is 0 Å². The summed E-state index contributed by atoms with van der Waals surface area (Å²) >= 11 is 0. The van der Waals surface area contributed by atoms with Gasteiger partial charge in [0.2, 0.25) is 0 Å². The highest BCUT2D eigenvalue weighted by Gasteiger charge is 2.41. The van der Waals surface area contributed by atoms with E-state index in [0.717, 1.165) is 50.4 Å². The van der Waals surface area contributed by atoms with Crippen LogP contribution in [0.2, 0.25) is 0 Å². The molecule has 2 saturated heterocycles. The Morgan fingerprint density at radius 1 is 1.26 bits per heavy atom. The second-order valence-corrected chi connectivity index (χ2v) is 8.12. The van der Waals surface area contributed by atoms with Crippen molar-refractivity contribution in [2.75, 3.05) is 46.5 Å². The average molecular weight is 428 g/mol. The number of likely N-dealkylation sites (tertiary alicyclic amines) is 1. The highest BCUT2D eigenvalue weighted by molar-refractivity contribution is 5.80. The number of guanidine groups is 1. The molecule has 2 atom stereocenters. The van der Waals surface area contributed by atoms with Crippen molar-refractivity contribution < 1.29 is 9.47 Å². The van der Waals surface area contributed by atoms with E-state index in [0.29, 0.717) is 25.7 Å². The number of rotatable bonds is 7. The van der Waals surface area contributed by atoms with Gasteiger partial charge in [-0.3, -0.25) is 4.90 Å². The molecule has 1 aromatic carbocycles. The maximum atomic E-state index is 6.14. The Morgan fingerprint density at radius 2 is 2.10 bits per heavy atom. The zero-order chi connectivity index (χ0) is 21.6. The molecule has 31 heavy (non-hydrogen) atoms. The van der Waals surface area contributed by atoms with Crippen LogP contribution in [0.4, 0.5) is 0 Å². The van der Waals surface area contributed by atoms with E-state index in [9.17, 15) is 0 Å². The molecule has 0 aliphatic carbocycles. The molecule has 2 unspecified atom stereocenters. The fraction of sp³-hybridized carbons (Fsp3) is 0.591. The van der Waals surface area contributed by atoms with Gasteiger partial charge in [0.1, 0.15) is 12.4 Å². The number of hydrogen-bond donors (Lipinski definition) is 1. The van der Waals surface area contributed by atoms with E-state index in [-0.39, 0.29) is 6.10 Å². The van der Waals surface area contributed by atoms with Crippen LogP contribution in [0.15, 0.2) is 35.3 Å². The molecule has 1 N–H and O–H groups in total. The molecular weight excluding hydrogens is 394 g/mol. The zero-order valence-corrected chi connectivity index (χ0v) is 18.7.